The highest BCUT2D eigenvalue weighted by atomic mass is 35.5. The van der Waals surface area contributed by atoms with Crippen LogP contribution in [0.3, 0.4) is 0 Å². The third-order valence-corrected chi connectivity index (χ3v) is 3.83. The van der Waals surface area contributed by atoms with E-state index in [2.05, 4.69) is 30.9 Å². The molecule has 0 aliphatic rings. The zero-order valence-corrected chi connectivity index (χ0v) is 14.7. The lowest BCUT2D eigenvalue weighted by atomic mass is 10.3. The molecular weight excluding hydrogens is 363 g/mol. The van der Waals surface area contributed by atoms with E-state index in [0.29, 0.717) is 45.1 Å². The number of fused-ring (bicyclic) bond motifs is 1. The number of carbonyl (C=O) groups is 1. The van der Waals surface area contributed by atoms with Gasteiger partial charge >= 0.3 is 6.03 Å². The number of hydrogen-bond donors (Lipinski definition) is 3. The van der Waals surface area contributed by atoms with E-state index < -0.39 is 0 Å². The lowest BCUT2D eigenvalue weighted by molar-refractivity contribution is 0.252. The van der Waals surface area contributed by atoms with E-state index >= 15 is 0 Å². The second-order valence-electron chi connectivity index (χ2n) is 5.00. The first-order valence-corrected chi connectivity index (χ1v) is 8.22. The van der Waals surface area contributed by atoms with Crippen molar-refractivity contribution in [1.82, 2.24) is 20.3 Å². The van der Waals surface area contributed by atoms with Gasteiger partial charge in [0, 0.05) is 6.54 Å². The molecule has 128 valence electrons. The van der Waals surface area contributed by atoms with Crippen LogP contribution in [-0.4, -0.2) is 27.5 Å². The van der Waals surface area contributed by atoms with Crippen LogP contribution in [0.4, 0.5) is 22.1 Å². The van der Waals surface area contributed by atoms with Crippen LogP contribution in [0.2, 0.25) is 10.0 Å². The number of para-hydroxylation sites is 1. The number of nitrogens with one attached hydrogen (secondary N) is 3. The van der Waals surface area contributed by atoms with Gasteiger partial charge in [0.1, 0.15) is 11.3 Å². The number of urea groups is 1. The third kappa shape index (κ3) is 4.07. The lowest BCUT2D eigenvalue weighted by Gasteiger charge is -2.10. The van der Waals surface area contributed by atoms with Crippen LogP contribution in [0.25, 0.3) is 11.2 Å². The Kier molecular flexibility index (Phi) is 5.16. The highest BCUT2D eigenvalue weighted by Gasteiger charge is 2.09. The molecule has 0 bridgehead atoms. The van der Waals surface area contributed by atoms with Gasteiger partial charge in [-0.25, -0.2) is 19.7 Å². The Morgan fingerprint density at radius 2 is 1.80 bits per heavy atom. The van der Waals surface area contributed by atoms with Crippen molar-refractivity contribution in [2.75, 3.05) is 17.2 Å². The molecule has 0 saturated heterocycles. The van der Waals surface area contributed by atoms with Gasteiger partial charge in [0.25, 0.3) is 0 Å². The minimum Gasteiger partial charge on any atom is -0.338 e. The molecule has 0 radical (unpaired) electrons. The normalized spacial score (nSPS) is 10.5. The SMILES string of the molecule is CCNC(=O)Nc1ccc2ncc(Nc3c(Cl)cccc3Cl)nc2n1. The van der Waals surface area contributed by atoms with Crippen LogP contribution in [0.1, 0.15) is 6.92 Å². The average molecular weight is 377 g/mol. The van der Waals surface area contributed by atoms with Gasteiger partial charge in [-0.3, -0.25) is 5.32 Å². The second-order valence-corrected chi connectivity index (χ2v) is 5.81. The summed E-state index contributed by atoms with van der Waals surface area (Å²) < 4.78 is 0. The van der Waals surface area contributed by atoms with Gasteiger partial charge in [0.15, 0.2) is 11.5 Å². The highest BCUT2D eigenvalue weighted by Crippen LogP contribution is 2.32. The Morgan fingerprint density at radius 1 is 1.08 bits per heavy atom. The van der Waals surface area contributed by atoms with Crippen molar-refractivity contribution < 1.29 is 4.79 Å². The molecule has 1 aromatic carbocycles. The molecule has 0 unspecified atom stereocenters. The summed E-state index contributed by atoms with van der Waals surface area (Å²) in [4.78, 5) is 24.6. The van der Waals surface area contributed by atoms with Crippen LogP contribution < -0.4 is 16.0 Å². The maximum Gasteiger partial charge on any atom is 0.320 e. The average Bonchev–Trinajstić information content (AvgIpc) is 2.58. The van der Waals surface area contributed by atoms with Crippen molar-refractivity contribution in [2.45, 2.75) is 6.92 Å². The van der Waals surface area contributed by atoms with Gasteiger partial charge in [0.05, 0.1) is 21.9 Å². The van der Waals surface area contributed by atoms with Gasteiger partial charge in [-0.15, -0.1) is 0 Å². The van der Waals surface area contributed by atoms with E-state index in [1.54, 1.807) is 36.5 Å². The van der Waals surface area contributed by atoms with Crippen LogP contribution >= 0.6 is 23.2 Å². The van der Waals surface area contributed by atoms with Crippen LogP contribution in [-0.2, 0) is 0 Å². The minimum atomic E-state index is -0.334. The zero-order valence-electron chi connectivity index (χ0n) is 13.2. The first-order chi connectivity index (χ1) is 12.1. The molecule has 0 atom stereocenters. The van der Waals surface area contributed by atoms with Gasteiger partial charge in [0.2, 0.25) is 0 Å². The van der Waals surface area contributed by atoms with Gasteiger partial charge in [-0.2, -0.15) is 0 Å². The summed E-state index contributed by atoms with van der Waals surface area (Å²) in [6, 6.07) is 8.24. The molecular formula is C16H14Cl2N6O. The number of benzene rings is 1. The smallest absolute Gasteiger partial charge is 0.320 e. The number of hydrogen-bond acceptors (Lipinski definition) is 5. The summed E-state index contributed by atoms with van der Waals surface area (Å²) in [6.07, 6.45) is 1.56. The van der Waals surface area contributed by atoms with Crippen molar-refractivity contribution in [3.63, 3.8) is 0 Å². The van der Waals surface area contributed by atoms with Gasteiger partial charge in [-0.1, -0.05) is 29.3 Å². The molecule has 3 aromatic rings. The van der Waals surface area contributed by atoms with E-state index in [1.807, 2.05) is 6.92 Å². The lowest BCUT2D eigenvalue weighted by Crippen LogP contribution is -2.28. The Balaban J connectivity index is 1.89. The highest BCUT2D eigenvalue weighted by molar-refractivity contribution is 6.39. The van der Waals surface area contributed by atoms with Crippen LogP contribution in [0.5, 0.6) is 0 Å². The minimum absolute atomic E-state index is 0.334. The summed E-state index contributed by atoms with van der Waals surface area (Å²) >= 11 is 12.3. The number of pyridine rings is 1. The summed E-state index contributed by atoms with van der Waals surface area (Å²) in [5.41, 5.74) is 1.51. The topological polar surface area (TPSA) is 91.8 Å². The molecule has 25 heavy (non-hydrogen) atoms. The molecule has 0 fully saturated rings. The number of halogens is 2. The number of aromatic nitrogens is 3. The van der Waals surface area contributed by atoms with E-state index in [-0.39, 0.29) is 6.03 Å². The summed E-state index contributed by atoms with van der Waals surface area (Å²) in [5.74, 6) is 0.811. The van der Waals surface area contributed by atoms with E-state index in [9.17, 15) is 4.79 Å². The molecule has 2 aromatic heterocycles. The largest absolute Gasteiger partial charge is 0.338 e. The Morgan fingerprint density at radius 3 is 2.52 bits per heavy atom. The molecule has 2 amide bonds. The Hall–Kier alpha value is -2.64. The van der Waals surface area contributed by atoms with Gasteiger partial charge < -0.3 is 10.6 Å². The molecule has 0 aliphatic heterocycles. The Bertz CT molecular complexity index is 913. The number of nitrogens with zero attached hydrogens (tertiary/aromatic N) is 3. The molecule has 7 nitrogen and oxygen atoms in total. The van der Waals surface area contributed by atoms with Crippen LogP contribution in [0, 0.1) is 0 Å². The third-order valence-electron chi connectivity index (χ3n) is 3.20. The number of rotatable bonds is 4. The fourth-order valence-corrected chi connectivity index (χ4v) is 2.59. The van der Waals surface area contributed by atoms with Crippen molar-refractivity contribution in [3.05, 3.63) is 46.6 Å². The number of anilines is 3. The standard InChI is InChI=1S/C16H14Cl2N6O/c1-2-19-16(25)24-12-7-6-11-15(22-12)23-13(8-20-11)21-14-9(17)4-3-5-10(14)18/h3-8H,2H2,1H3,(H3,19,21,22,23,24,25). The summed E-state index contributed by atoms with van der Waals surface area (Å²) in [5, 5.41) is 9.23. The fourth-order valence-electron chi connectivity index (χ4n) is 2.09. The van der Waals surface area contributed by atoms with Crippen molar-refractivity contribution in [2.24, 2.45) is 0 Å². The number of carbonyl (C=O) groups excluding carboxylic acids is 1. The molecule has 0 saturated carbocycles. The van der Waals surface area contributed by atoms with E-state index in [4.69, 9.17) is 23.2 Å². The first-order valence-electron chi connectivity index (χ1n) is 7.46. The predicted octanol–water partition coefficient (Wildman–Crippen LogP) is 4.22. The van der Waals surface area contributed by atoms with E-state index in [1.165, 1.54) is 0 Å². The zero-order chi connectivity index (χ0) is 17.8. The van der Waals surface area contributed by atoms with Crippen molar-refractivity contribution in [1.29, 1.82) is 0 Å². The molecule has 9 heteroatoms. The number of amides is 2. The molecule has 0 aliphatic carbocycles. The van der Waals surface area contributed by atoms with Crippen molar-refractivity contribution in [3.8, 4) is 0 Å². The fraction of sp³-hybridized carbons (Fsp3) is 0.125. The summed E-state index contributed by atoms with van der Waals surface area (Å²) in [7, 11) is 0. The quantitative estimate of drug-likeness (QED) is 0.633. The van der Waals surface area contributed by atoms with Crippen molar-refractivity contribution >= 4 is 57.7 Å². The second kappa shape index (κ2) is 7.50. The van der Waals surface area contributed by atoms with E-state index in [0.717, 1.165) is 0 Å². The van der Waals surface area contributed by atoms with Gasteiger partial charge in [-0.05, 0) is 31.2 Å². The molecule has 0 spiro atoms. The maximum absolute atomic E-state index is 11.6. The molecule has 2 heterocycles. The Labute approximate surface area is 153 Å². The first kappa shape index (κ1) is 17.2. The predicted molar refractivity (Wildman–Crippen MR) is 99.8 cm³/mol. The molecule has 3 N–H and O–H groups in total. The van der Waals surface area contributed by atoms with Crippen LogP contribution in [0.15, 0.2) is 36.5 Å². The maximum atomic E-state index is 11.6. The summed E-state index contributed by atoms with van der Waals surface area (Å²) in [6.45, 7) is 2.35. The molecule has 3 rings (SSSR count). The monoisotopic (exact) mass is 376 g/mol.